The van der Waals surface area contributed by atoms with E-state index < -0.39 is 0 Å². The third-order valence-corrected chi connectivity index (χ3v) is 1.35. The second-order valence-corrected chi connectivity index (χ2v) is 2.29. The molecule has 11 heavy (non-hydrogen) atoms. The van der Waals surface area contributed by atoms with Crippen LogP contribution in [-0.4, -0.2) is 18.9 Å². The van der Waals surface area contributed by atoms with Gasteiger partial charge in [0.15, 0.2) is 0 Å². The first kappa shape index (κ1) is 9.90. The number of rotatable bonds is 3. The van der Waals surface area contributed by atoms with Crippen molar-refractivity contribution in [2.24, 2.45) is 11.8 Å². The van der Waals surface area contributed by atoms with E-state index >= 15 is 0 Å². The summed E-state index contributed by atoms with van der Waals surface area (Å²) in [6.07, 6.45) is 0.121. The SMILES string of the molecule is CNC(=O)C(C)CC(=O)NN. The minimum Gasteiger partial charge on any atom is -0.359 e. The first-order valence-electron chi connectivity index (χ1n) is 3.32. The summed E-state index contributed by atoms with van der Waals surface area (Å²) in [5.41, 5.74) is 1.96. The molecule has 0 saturated carbocycles. The van der Waals surface area contributed by atoms with Crippen molar-refractivity contribution >= 4 is 11.8 Å². The Kier molecular flexibility index (Phi) is 4.21. The molecule has 0 aliphatic heterocycles. The molecule has 0 radical (unpaired) electrons. The number of hydrazine groups is 1. The van der Waals surface area contributed by atoms with E-state index in [9.17, 15) is 9.59 Å². The first-order chi connectivity index (χ1) is 5.11. The van der Waals surface area contributed by atoms with Crippen molar-refractivity contribution in [1.82, 2.24) is 10.7 Å². The fourth-order valence-corrected chi connectivity index (χ4v) is 0.676. The first-order valence-corrected chi connectivity index (χ1v) is 3.32. The Morgan fingerprint density at radius 1 is 1.55 bits per heavy atom. The maximum Gasteiger partial charge on any atom is 0.234 e. The number of carbonyl (C=O) groups is 2. The van der Waals surface area contributed by atoms with Crippen LogP contribution in [0.1, 0.15) is 13.3 Å². The predicted molar refractivity (Wildman–Crippen MR) is 40.2 cm³/mol. The van der Waals surface area contributed by atoms with Crippen LogP contribution >= 0.6 is 0 Å². The van der Waals surface area contributed by atoms with E-state index in [4.69, 9.17) is 5.84 Å². The van der Waals surface area contributed by atoms with Crippen molar-refractivity contribution in [2.45, 2.75) is 13.3 Å². The third-order valence-electron chi connectivity index (χ3n) is 1.35. The summed E-state index contributed by atoms with van der Waals surface area (Å²) in [7, 11) is 1.53. The molecule has 0 aliphatic carbocycles. The van der Waals surface area contributed by atoms with Gasteiger partial charge in [-0.15, -0.1) is 0 Å². The van der Waals surface area contributed by atoms with Crippen LogP contribution in [0.25, 0.3) is 0 Å². The highest BCUT2D eigenvalue weighted by molar-refractivity contribution is 5.84. The van der Waals surface area contributed by atoms with Gasteiger partial charge in [0, 0.05) is 19.4 Å². The Bertz CT molecular complexity index is 158. The summed E-state index contributed by atoms with van der Waals surface area (Å²) in [6.45, 7) is 1.66. The van der Waals surface area contributed by atoms with E-state index in [1.54, 1.807) is 6.92 Å². The Morgan fingerprint density at radius 2 is 2.09 bits per heavy atom. The van der Waals surface area contributed by atoms with Crippen molar-refractivity contribution < 1.29 is 9.59 Å². The van der Waals surface area contributed by atoms with Gasteiger partial charge in [-0.25, -0.2) is 5.84 Å². The van der Waals surface area contributed by atoms with Crippen LogP contribution in [0, 0.1) is 5.92 Å². The fourth-order valence-electron chi connectivity index (χ4n) is 0.676. The van der Waals surface area contributed by atoms with Crippen LogP contribution in [-0.2, 0) is 9.59 Å². The molecule has 1 unspecified atom stereocenters. The molecule has 0 saturated heterocycles. The van der Waals surface area contributed by atoms with Crippen molar-refractivity contribution in [3.05, 3.63) is 0 Å². The monoisotopic (exact) mass is 159 g/mol. The van der Waals surface area contributed by atoms with Crippen molar-refractivity contribution in [3.8, 4) is 0 Å². The van der Waals surface area contributed by atoms with Gasteiger partial charge in [0.25, 0.3) is 0 Å². The van der Waals surface area contributed by atoms with Crippen molar-refractivity contribution in [2.75, 3.05) is 7.05 Å². The van der Waals surface area contributed by atoms with E-state index in [1.807, 2.05) is 5.43 Å². The molecular weight excluding hydrogens is 146 g/mol. The molecule has 0 aromatic rings. The summed E-state index contributed by atoms with van der Waals surface area (Å²) >= 11 is 0. The second-order valence-electron chi connectivity index (χ2n) is 2.29. The van der Waals surface area contributed by atoms with Crippen LogP contribution < -0.4 is 16.6 Å². The maximum absolute atomic E-state index is 10.8. The van der Waals surface area contributed by atoms with Gasteiger partial charge < -0.3 is 5.32 Å². The molecule has 5 heteroatoms. The molecule has 5 nitrogen and oxygen atoms in total. The number of hydrogen-bond donors (Lipinski definition) is 3. The quantitative estimate of drug-likeness (QED) is 0.273. The Balaban J connectivity index is 3.77. The van der Waals surface area contributed by atoms with Gasteiger partial charge in [0.1, 0.15) is 0 Å². The topological polar surface area (TPSA) is 84.2 Å². The van der Waals surface area contributed by atoms with Gasteiger partial charge in [-0.1, -0.05) is 6.92 Å². The molecule has 0 aromatic heterocycles. The van der Waals surface area contributed by atoms with E-state index in [2.05, 4.69) is 5.32 Å². The Morgan fingerprint density at radius 3 is 2.45 bits per heavy atom. The number of amides is 2. The number of hydrogen-bond acceptors (Lipinski definition) is 3. The van der Waals surface area contributed by atoms with Crippen molar-refractivity contribution in [3.63, 3.8) is 0 Å². The summed E-state index contributed by atoms with van der Waals surface area (Å²) in [6, 6.07) is 0. The number of carbonyl (C=O) groups excluding carboxylic acids is 2. The molecule has 0 fully saturated rings. The molecule has 0 bridgehead atoms. The lowest BCUT2D eigenvalue weighted by Gasteiger charge is -2.07. The predicted octanol–water partition coefficient (Wildman–Crippen LogP) is -1.25. The molecular formula is C6H13N3O2. The molecule has 0 spiro atoms. The second kappa shape index (κ2) is 4.68. The standard InChI is InChI=1S/C6H13N3O2/c1-4(6(11)8-2)3-5(10)9-7/h4H,3,7H2,1-2H3,(H,8,11)(H,9,10). The van der Waals surface area contributed by atoms with Crippen LogP contribution in [0.2, 0.25) is 0 Å². The fraction of sp³-hybridized carbons (Fsp3) is 0.667. The summed E-state index contributed by atoms with van der Waals surface area (Å²) in [5, 5.41) is 2.43. The van der Waals surface area contributed by atoms with E-state index in [-0.39, 0.29) is 24.2 Å². The zero-order valence-corrected chi connectivity index (χ0v) is 6.68. The van der Waals surface area contributed by atoms with Gasteiger partial charge in [-0.3, -0.25) is 15.0 Å². The molecule has 4 N–H and O–H groups in total. The third kappa shape index (κ3) is 3.57. The summed E-state index contributed by atoms with van der Waals surface area (Å²) in [5.74, 6) is 4.01. The minimum atomic E-state index is -0.332. The number of nitrogens with two attached hydrogens (primary N) is 1. The molecule has 1 atom stereocenters. The lowest BCUT2D eigenvalue weighted by molar-refractivity contribution is -0.129. The Hall–Kier alpha value is -1.10. The van der Waals surface area contributed by atoms with Gasteiger partial charge in [-0.2, -0.15) is 0 Å². The van der Waals surface area contributed by atoms with Gasteiger partial charge in [-0.05, 0) is 0 Å². The molecule has 0 heterocycles. The highest BCUT2D eigenvalue weighted by atomic mass is 16.2. The van der Waals surface area contributed by atoms with Crippen LogP contribution in [0.15, 0.2) is 0 Å². The summed E-state index contributed by atoms with van der Waals surface area (Å²) in [4.78, 5) is 21.5. The van der Waals surface area contributed by atoms with Crippen LogP contribution in [0.5, 0.6) is 0 Å². The van der Waals surface area contributed by atoms with E-state index in [0.29, 0.717) is 0 Å². The molecule has 0 aliphatic rings. The molecule has 0 aromatic carbocycles. The maximum atomic E-state index is 10.8. The number of nitrogens with one attached hydrogen (secondary N) is 2. The smallest absolute Gasteiger partial charge is 0.234 e. The van der Waals surface area contributed by atoms with Crippen LogP contribution in [0.4, 0.5) is 0 Å². The average molecular weight is 159 g/mol. The lowest BCUT2D eigenvalue weighted by atomic mass is 10.1. The van der Waals surface area contributed by atoms with Gasteiger partial charge in [0.2, 0.25) is 11.8 Å². The zero-order chi connectivity index (χ0) is 8.85. The lowest BCUT2D eigenvalue weighted by Crippen LogP contribution is -2.35. The molecule has 0 rings (SSSR count). The molecule has 2 amide bonds. The Labute approximate surface area is 65.3 Å². The average Bonchev–Trinajstić information content (AvgIpc) is 2.02. The highest BCUT2D eigenvalue weighted by Crippen LogP contribution is 1.99. The highest BCUT2D eigenvalue weighted by Gasteiger charge is 2.14. The summed E-state index contributed by atoms with van der Waals surface area (Å²) < 4.78 is 0. The minimum absolute atomic E-state index is 0.121. The largest absolute Gasteiger partial charge is 0.359 e. The van der Waals surface area contributed by atoms with E-state index in [1.165, 1.54) is 7.05 Å². The van der Waals surface area contributed by atoms with Gasteiger partial charge in [0.05, 0.1) is 0 Å². The van der Waals surface area contributed by atoms with Gasteiger partial charge >= 0.3 is 0 Å². The van der Waals surface area contributed by atoms with Crippen LogP contribution in [0.3, 0.4) is 0 Å². The van der Waals surface area contributed by atoms with Crippen molar-refractivity contribution in [1.29, 1.82) is 0 Å². The van der Waals surface area contributed by atoms with E-state index in [0.717, 1.165) is 0 Å². The zero-order valence-electron chi connectivity index (χ0n) is 6.68. The molecule has 64 valence electrons. The normalized spacial score (nSPS) is 11.9.